The van der Waals surface area contributed by atoms with Crippen molar-refractivity contribution in [2.75, 3.05) is 0 Å². The number of hydrogen-bond acceptors (Lipinski definition) is 1. The highest BCUT2D eigenvalue weighted by atomic mass is 35.5. The molecule has 0 aliphatic heterocycles. The molecule has 0 spiro atoms. The van der Waals surface area contributed by atoms with Crippen molar-refractivity contribution in [1.29, 1.82) is 0 Å². The fraction of sp³-hybridized carbons (Fsp3) is 0.154. The number of Topliss-reactive ketones (excluding diaryl/α,β-unsaturated/α-hetero) is 1. The van der Waals surface area contributed by atoms with Crippen LogP contribution >= 0.6 is 23.2 Å². The minimum Gasteiger partial charge on any atom is -0.294 e. The maximum atomic E-state index is 11.8. The second-order valence-corrected chi connectivity index (χ2v) is 4.35. The monoisotopic (exact) mass is 252 g/mol. The summed E-state index contributed by atoms with van der Waals surface area (Å²) in [6, 6.07) is 9.16. The van der Waals surface area contributed by atoms with E-state index in [0.717, 1.165) is 10.8 Å². The Bertz CT molecular complexity index is 561. The highest BCUT2D eigenvalue weighted by molar-refractivity contribution is 6.41. The van der Waals surface area contributed by atoms with Crippen molar-refractivity contribution in [3.05, 3.63) is 45.9 Å². The molecule has 0 radical (unpaired) electrons. The lowest BCUT2D eigenvalue weighted by molar-refractivity contribution is 0.0990. The Balaban J connectivity index is 2.87. The van der Waals surface area contributed by atoms with Gasteiger partial charge in [-0.15, -0.1) is 0 Å². The lowest BCUT2D eigenvalue weighted by Crippen LogP contribution is -1.99. The Hall–Kier alpha value is -1.05. The summed E-state index contributed by atoms with van der Waals surface area (Å²) in [5.41, 5.74) is 0.573. The molecule has 2 aromatic rings. The van der Waals surface area contributed by atoms with Crippen molar-refractivity contribution in [3.63, 3.8) is 0 Å². The number of carbonyl (C=O) groups excluding carboxylic acids is 1. The molecule has 0 saturated carbocycles. The minimum atomic E-state index is 0.0397. The summed E-state index contributed by atoms with van der Waals surface area (Å²) >= 11 is 12.2. The zero-order valence-electron chi connectivity index (χ0n) is 8.76. The van der Waals surface area contributed by atoms with Gasteiger partial charge in [-0.25, -0.2) is 0 Å². The zero-order chi connectivity index (χ0) is 11.7. The summed E-state index contributed by atoms with van der Waals surface area (Å²) in [4.78, 5) is 11.8. The van der Waals surface area contributed by atoms with E-state index in [1.54, 1.807) is 6.07 Å². The first-order valence-corrected chi connectivity index (χ1v) is 5.80. The van der Waals surface area contributed by atoms with E-state index in [1.165, 1.54) is 0 Å². The first-order valence-electron chi connectivity index (χ1n) is 5.05. The molecule has 1 nitrogen and oxygen atoms in total. The second kappa shape index (κ2) is 4.44. The van der Waals surface area contributed by atoms with Gasteiger partial charge in [0, 0.05) is 22.4 Å². The second-order valence-electron chi connectivity index (χ2n) is 3.54. The van der Waals surface area contributed by atoms with Gasteiger partial charge in [-0.2, -0.15) is 0 Å². The van der Waals surface area contributed by atoms with Crippen molar-refractivity contribution >= 4 is 39.8 Å². The van der Waals surface area contributed by atoms with Gasteiger partial charge in [0.25, 0.3) is 0 Å². The fourth-order valence-electron chi connectivity index (χ4n) is 1.76. The highest BCUT2D eigenvalue weighted by Crippen LogP contribution is 2.33. The van der Waals surface area contributed by atoms with Crippen LogP contribution in [0.25, 0.3) is 10.8 Å². The van der Waals surface area contributed by atoms with Gasteiger partial charge in [0.15, 0.2) is 5.78 Å². The smallest absolute Gasteiger partial charge is 0.164 e. The first kappa shape index (κ1) is 11.4. The standard InChI is InChI=1S/C13H10Cl2O/c1-2-12(16)13-9-6-4-3-5-8(9)10(14)7-11(13)15/h3-7H,2H2,1H3. The van der Waals surface area contributed by atoms with Crippen molar-refractivity contribution in [1.82, 2.24) is 0 Å². The molecule has 3 heteroatoms. The van der Waals surface area contributed by atoms with Gasteiger partial charge in [-0.05, 0) is 11.5 Å². The van der Waals surface area contributed by atoms with Gasteiger partial charge in [0.05, 0.1) is 5.02 Å². The molecule has 0 aliphatic rings. The number of carbonyl (C=O) groups is 1. The van der Waals surface area contributed by atoms with Crippen molar-refractivity contribution in [3.8, 4) is 0 Å². The first-order chi connectivity index (χ1) is 7.65. The van der Waals surface area contributed by atoms with Gasteiger partial charge < -0.3 is 0 Å². The minimum absolute atomic E-state index is 0.0397. The van der Waals surface area contributed by atoms with Crippen molar-refractivity contribution < 1.29 is 4.79 Å². The summed E-state index contributed by atoms with van der Waals surface area (Å²) in [6.07, 6.45) is 0.436. The quantitative estimate of drug-likeness (QED) is 0.706. The van der Waals surface area contributed by atoms with Crippen LogP contribution in [0.2, 0.25) is 10.0 Å². The van der Waals surface area contributed by atoms with E-state index in [1.807, 2.05) is 31.2 Å². The maximum absolute atomic E-state index is 11.8. The van der Waals surface area contributed by atoms with E-state index in [4.69, 9.17) is 23.2 Å². The Labute approximate surface area is 104 Å². The molecule has 0 N–H and O–H groups in total. The normalized spacial score (nSPS) is 10.7. The van der Waals surface area contributed by atoms with Crippen LogP contribution in [0.1, 0.15) is 23.7 Å². The third kappa shape index (κ3) is 1.81. The molecule has 0 saturated heterocycles. The van der Waals surface area contributed by atoms with Crippen LogP contribution in [-0.4, -0.2) is 5.78 Å². The summed E-state index contributed by atoms with van der Waals surface area (Å²) in [5.74, 6) is 0.0397. The number of benzene rings is 2. The average molecular weight is 253 g/mol. The third-order valence-corrected chi connectivity index (χ3v) is 3.16. The van der Waals surface area contributed by atoms with Crippen LogP contribution in [0.15, 0.2) is 30.3 Å². The van der Waals surface area contributed by atoms with E-state index in [9.17, 15) is 4.79 Å². The summed E-state index contributed by atoms with van der Waals surface area (Å²) in [6.45, 7) is 1.82. The molecule has 82 valence electrons. The maximum Gasteiger partial charge on any atom is 0.164 e. The number of fused-ring (bicyclic) bond motifs is 1. The van der Waals surface area contributed by atoms with Crippen LogP contribution in [0.4, 0.5) is 0 Å². The third-order valence-electron chi connectivity index (χ3n) is 2.55. The van der Waals surface area contributed by atoms with Crippen molar-refractivity contribution in [2.45, 2.75) is 13.3 Å². The van der Waals surface area contributed by atoms with Gasteiger partial charge in [-0.1, -0.05) is 54.4 Å². The zero-order valence-corrected chi connectivity index (χ0v) is 10.3. The van der Waals surface area contributed by atoms with Gasteiger partial charge in [0.1, 0.15) is 0 Å². The Kier molecular flexibility index (Phi) is 3.17. The molecule has 2 aromatic carbocycles. The van der Waals surface area contributed by atoms with Crippen LogP contribution < -0.4 is 0 Å². The number of rotatable bonds is 2. The average Bonchev–Trinajstić information content (AvgIpc) is 2.28. The van der Waals surface area contributed by atoms with Gasteiger partial charge >= 0.3 is 0 Å². The van der Waals surface area contributed by atoms with Crippen LogP contribution in [0, 0.1) is 0 Å². The van der Waals surface area contributed by atoms with Gasteiger partial charge in [0.2, 0.25) is 0 Å². The predicted molar refractivity (Wildman–Crippen MR) is 68.6 cm³/mol. The molecule has 0 heterocycles. The summed E-state index contributed by atoms with van der Waals surface area (Å²) in [7, 11) is 0. The number of halogens is 2. The fourth-order valence-corrected chi connectivity index (χ4v) is 2.41. The Morgan fingerprint density at radius 3 is 2.38 bits per heavy atom. The molecule has 0 fully saturated rings. The van der Waals surface area contributed by atoms with E-state index >= 15 is 0 Å². The van der Waals surface area contributed by atoms with E-state index in [0.29, 0.717) is 22.0 Å². The highest BCUT2D eigenvalue weighted by Gasteiger charge is 2.14. The molecule has 0 aromatic heterocycles. The number of hydrogen-bond donors (Lipinski definition) is 0. The molecule has 2 rings (SSSR count). The van der Waals surface area contributed by atoms with E-state index < -0.39 is 0 Å². The molecule has 0 bridgehead atoms. The topological polar surface area (TPSA) is 17.1 Å². The molecule has 0 amide bonds. The molecule has 16 heavy (non-hydrogen) atoms. The van der Waals surface area contributed by atoms with E-state index in [-0.39, 0.29) is 5.78 Å². The Morgan fingerprint density at radius 1 is 1.12 bits per heavy atom. The molecule has 0 unspecified atom stereocenters. The lowest BCUT2D eigenvalue weighted by Gasteiger charge is -2.08. The lowest BCUT2D eigenvalue weighted by atomic mass is 10.00. The van der Waals surface area contributed by atoms with Gasteiger partial charge in [-0.3, -0.25) is 4.79 Å². The molecular weight excluding hydrogens is 243 g/mol. The summed E-state index contributed by atoms with van der Waals surface area (Å²) in [5, 5.41) is 2.70. The largest absolute Gasteiger partial charge is 0.294 e. The van der Waals surface area contributed by atoms with Crippen LogP contribution in [0.5, 0.6) is 0 Å². The SMILES string of the molecule is CCC(=O)c1c(Cl)cc(Cl)c2ccccc12. The summed E-state index contributed by atoms with van der Waals surface area (Å²) < 4.78 is 0. The predicted octanol–water partition coefficient (Wildman–Crippen LogP) is 4.74. The number of ketones is 1. The van der Waals surface area contributed by atoms with Crippen LogP contribution in [0.3, 0.4) is 0 Å². The van der Waals surface area contributed by atoms with E-state index in [2.05, 4.69) is 0 Å². The molecule has 0 atom stereocenters. The van der Waals surface area contributed by atoms with Crippen LogP contribution in [-0.2, 0) is 0 Å². The molecule has 0 aliphatic carbocycles. The molecular formula is C13H10Cl2O. The Morgan fingerprint density at radius 2 is 1.75 bits per heavy atom. The van der Waals surface area contributed by atoms with Crippen molar-refractivity contribution in [2.24, 2.45) is 0 Å².